The van der Waals surface area contributed by atoms with Gasteiger partial charge in [-0.05, 0) is 25.5 Å². The Balaban J connectivity index is 2.35. The van der Waals surface area contributed by atoms with Crippen molar-refractivity contribution in [2.75, 3.05) is 0 Å². The van der Waals surface area contributed by atoms with Crippen LogP contribution in [0.3, 0.4) is 0 Å². The molecule has 2 unspecified atom stereocenters. The first-order valence-electron chi connectivity index (χ1n) is 5.68. The van der Waals surface area contributed by atoms with E-state index in [0.717, 1.165) is 12.8 Å². The molecule has 86 valence electrons. The lowest BCUT2D eigenvalue weighted by atomic mass is 10.0. The molecule has 0 amide bonds. The van der Waals surface area contributed by atoms with Crippen molar-refractivity contribution in [3.63, 3.8) is 0 Å². The van der Waals surface area contributed by atoms with Crippen LogP contribution >= 0.6 is 0 Å². The second-order valence-corrected chi connectivity index (χ2v) is 4.25. The van der Waals surface area contributed by atoms with E-state index in [1.807, 2.05) is 0 Å². The van der Waals surface area contributed by atoms with E-state index >= 15 is 0 Å². The highest BCUT2D eigenvalue weighted by Gasteiger charge is 2.30. The molecule has 0 bridgehead atoms. The summed E-state index contributed by atoms with van der Waals surface area (Å²) in [6, 6.07) is 0. The fraction of sp³-hybridized carbons (Fsp3) is 0.750. The molecule has 0 radical (unpaired) electrons. The standard InChI is InChI=1S/C12H20O3/c1-3-4-5-6-7-11-10(13)8-9-12(2,14)15-11/h8-9,11,14H,3-7H2,1-2H3. The number of hydrogen-bond donors (Lipinski definition) is 1. The van der Waals surface area contributed by atoms with Crippen molar-refractivity contribution in [2.45, 2.75) is 57.8 Å². The number of ketones is 1. The van der Waals surface area contributed by atoms with Crippen molar-refractivity contribution in [2.24, 2.45) is 0 Å². The summed E-state index contributed by atoms with van der Waals surface area (Å²) in [5.74, 6) is -1.30. The molecular weight excluding hydrogens is 192 g/mol. The molecule has 0 saturated carbocycles. The zero-order valence-electron chi connectivity index (χ0n) is 9.53. The van der Waals surface area contributed by atoms with E-state index in [-0.39, 0.29) is 5.78 Å². The summed E-state index contributed by atoms with van der Waals surface area (Å²) in [6.07, 6.45) is 7.54. The van der Waals surface area contributed by atoms with E-state index in [2.05, 4.69) is 6.92 Å². The third-order valence-electron chi connectivity index (χ3n) is 2.57. The highest BCUT2D eigenvalue weighted by atomic mass is 16.6. The van der Waals surface area contributed by atoms with Gasteiger partial charge in [0.15, 0.2) is 11.6 Å². The quantitative estimate of drug-likeness (QED) is 0.710. The summed E-state index contributed by atoms with van der Waals surface area (Å²) < 4.78 is 5.29. The van der Waals surface area contributed by atoms with E-state index in [0.29, 0.717) is 6.42 Å². The van der Waals surface area contributed by atoms with Gasteiger partial charge in [-0.1, -0.05) is 32.6 Å². The van der Waals surface area contributed by atoms with E-state index in [9.17, 15) is 9.90 Å². The highest BCUT2D eigenvalue weighted by Crippen LogP contribution is 2.21. The maximum Gasteiger partial charge on any atom is 0.184 e. The van der Waals surface area contributed by atoms with E-state index in [1.165, 1.54) is 25.0 Å². The molecule has 15 heavy (non-hydrogen) atoms. The van der Waals surface area contributed by atoms with E-state index in [1.54, 1.807) is 6.92 Å². The number of unbranched alkanes of at least 4 members (excludes halogenated alkanes) is 3. The fourth-order valence-electron chi connectivity index (χ4n) is 1.69. The van der Waals surface area contributed by atoms with Crippen LogP contribution in [0.2, 0.25) is 0 Å². The average Bonchev–Trinajstić information content (AvgIpc) is 2.18. The van der Waals surface area contributed by atoms with Gasteiger partial charge >= 0.3 is 0 Å². The Labute approximate surface area is 91.1 Å². The van der Waals surface area contributed by atoms with Crippen LogP contribution in [0.1, 0.15) is 46.0 Å². The van der Waals surface area contributed by atoms with Crippen LogP contribution in [0, 0.1) is 0 Å². The van der Waals surface area contributed by atoms with Crippen molar-refractivity contribution in [1.29, 1.82) is 0 Å². The number of carbonyl (C=O) groups excluding carboxylic acids is 1. The molecule has 0 aromatic carbocycles. The minimum atomic E-state index is -1.27. The van der Waals surface area contributed by atoms with Gasteiger partial charge in [0.2, 0.25) is 0 Å². The van der Waals surface area contributed by atoms with Crippen molar-refractivity contribution in [3.05, 3.63) is 12.2 Å². The minimum Gasteiger partial charge on any atom is -0.362 e. The molecule has 0 aromatic heterocycles. The van der Waals surface area contributed by atoms with Crippen molar-refractivity contribution >= 4 is 5.78 Å². The Kier molecular flexibility index (Phi) is 4.48. The fourth-order valence-corrected chi connectivity index (χ4v) is 1.69. The van der Waals surface area contributed by atoms with E-state index in [4.69, 9.17) is 4.74 Å². The van der Waals surface area contributed by atoms with Crippen LogP contribution in [-0.2, 0) is 9.53 Å². The lowest BCUT2D eigenvalue weighted by Crippen LogP contribution is -2.39. The number of hydrogen-bond acceptors (Lipinski definition) is 3. The van der Waals surface area contributed by atoms with Gasteiger partial charge in [0, 0.05) is 0 Å². The van der Waals surface area contributed by atoms with Gasteiger partial charge in [0.05, 0.1) is 0 Å². The molecule has 1 heterocycles. The Morgan fingerprint density at radius 2 is 2.20 bits per heavy atom. The second kappa shape index (κ2) is 5.42. The third-order valence-corrected chi connectivity index (χ3v) is 2.57. The number of ether oxygens (including phenoxy) is 1. The SMILES string of the molecule is CCCCCCC1OC(C)(O)C=CC1=O. The maximum atomic E-state index is 11.4. The minimum absolute atomic E-state index is 0.0296. The predicted octanol–water partition coefficient (Wildman–Crippen LogP) is 2.19. The molecule has 0 saturated heterocycles. The Bertz CT molecular complexity index is 243. The van der Waals surface area contributed by atoms with Crippen molar-refractivity contribution in [3.8, 4) is 0 Å². The highest BCUT2D eigenvalue weighted by molar-refractivity contribution is 5.94. The zero-order valence-corrected chi connectivity index (χ0v) is 9.53. The van der Waals surface area contributed by atoms with Crippen LogP contribution in [0.4, 0.5) is 0 Å². The van der Waals surface area contributed by atoms with Gasteiger partial charge in [-0.3, -0.25) is 4.79 Å². The van der Waals surface area contributed by atoms with Gasteiger partial charge in [-0.15, -0.1) is 0 Å². The molecule has 3 heteroatoms. The molecular formula is C12H20O3. The molecule has 0 aliphatic carbocycles. The molecule has 3 nitrogen and oxygen atoms in total. The predicted molar refractivity (Wildman–Crippen MR) is 58.4 cm³/mol. The molecule has 1 aliphatic rings. The number of rotatable bonds is 5. The zero-order chi connectivity index (χ0) is 11.3. The molecule has 1 rings (SSSR count). The van der Waals surface area contributed by atoms with Crippen LogP contribution in [0.5, 0.6) is 0 Å². The first kappa shape index (κ1) is 12.4. The normalized spacial score (nSPS) is 30.9. The Morgan fingerprint density at radius 1 is 1.47 bits per heavy atom. The summed E-state index contributed by atoms with van der Waals surface area (Å²) in [5, 5.41) is 9.60. The molecule has 1 N–H and O–H groups in total. The summed E-state index contributed by atoms with van der Waals surface area (Å²) in [4.78, 5) is 11.4. The van der Waals surface area contributed by atoms with Crippen LogP contribution < -0.4 is 0 Å². The molecule has 2 atom stereocenters. The van der Waals surface area contributed by atoms with Gasteiger partial charge in [0.25, 0.3) is 0 Å². The second-order valence-electron chi connectivity index (χ2n) is 4.25. The van der Waals surface area contributed by atoms with Crippen LogP contribution in [-0.4, -0.2) is 22.8 Å². The van der Waals surface area contributed by atoms with Gasteiger partial charge in [-0.25, -0.2) is 0 Å². The molecule has 0 fully saturated rings. The van der Waals surface area contributed by atoms with Crippen LogP contribution in [0.25, 0.3) is 0 Å². The lowest BCUT2D eigenvalue weighted by Gasteiger charge is -2.29. The van der Waals surface area contributed by atoms with E-state index < -0.39 is 11.9 Å². The largest absolute Gasteiger partial charge is 0.362 e. The molecule has 0 spiro atoms. The third kappa shape index (κ3) is 4.14. The number of carbonyl (C=O) groups is 1. The smallest absolute Gasteiger partial charge is 0.184 e. The molecule has 1 aliphatic heterocycles. The summed E-state index contributed by atoms with van der Waals surface area (Å²) in [7, 11) is 0. The first-order chi connectivity index (χ1) is 7.05. The Hall–Kier alpha value is -0.670. The Morgan fingerprint density at radius 3 is 2.87 bits per heavy atom. The number of aliphatic hydroxyl groups is 1. The summed E-state index contributed by atoms with van der Waals surface area (Å²) >= 11 is 0. The molecule has 0 aromatic rings. The first-order valence-corrected chi connectivity index (χ1v) is 5.68. The summed E-state index contributed by atoms with van der Waals surface area (Å²) in [6.45, 7) is 3.70. The van der Waals surface area contributed by atoms with Crippen LogP contribution in [0.15, 0.2) is 12.2 Å². The monoisotopic (exact) mass is 212 g/mol. The summed E-state index contributed by atoms with van der Waals surface area (Å²) in [5.41, 5.74) is 0. The van der Waals surface area contributed by atoms with Crippen molar-refractivity contribution < 1.29 is 14.6 Å². The van der Waals surface area contributed by atoms with Gasteiger partial charge in [-0.2, -0.15) is 0 Å². The topological polar surface area (TPSA) is 46.5 Å². The van der Waals surface area contributed by atoms with Gasteiger partial charge in [0.1, 0.15) is 6.10 Å². The maximum absolute atomic E-state index is 11.4. The lowest BCUT2D eigenvalue weighted by molar-refractivity contribution is -0.193. The average molecular weight is 212 g/mol. The van der Waals surface area contributed by atoms with Gasteiger partial charge < -0.3 is 9.84 Å². The van der Waals surface area contributed by atoms with Crippen molar-refractivity contribution in [1.82, 2.24) is 0 Å².